The molecule has 0 radical (unpaired) electrons. The van der Waals surface area contributed by atoms with Crippen LogP contribution in [-0.4, -0.2) is 32.2 Å². The lowest BCUT2D eigenvalue weighted by molar-refractivity contribution is -0.125. The minimum atomic E-state index is -3.28. The van der Waals surface area contributed by atoms with Crippen LogP contribution in [0.2, 0.25) is 0 Å². The zero-order valence-corrected chi connectivity index (χ0v) is 12.7. The Bertz CT molecular complexity index is 644. The van der Waals surface area contributed by atoms with Crippen LogP contribution in [0.3, 0.4) is 0 Å². The molecule has 1 fully saturated rings. The van der Waals surface area contributed by atoms with E-state index in [4.69, 9.17) is 16.2 Å². The molecule has 1 aromatic rings. The van der Waals surface area contributed by atoms with Gasteiger partial charge in [-0.15, -0.1) is 0 Å². The predicted octanol–water partition coefficient (Wildman–Crippen LogP) is 0.594. The van der Waals surface area contributed by atoms with Crippen molar-refractivity contribution in [1.29, 1.82) is 0 Å². The summed E-state index contributed by atoms with van der Waals surface area (Å²) in [6, 6.07) is 6.30. The smallest absolute Gasteiger partial charge is 0.237 e. The summed E-state index contributed by atoms with van der Waals surface area (Å²) < 4.78 is 28.9. The number of rotatable bonds is 4. The third kappa shape index (κ3) is 3.74. The van der Waals surface area contributed by atoms with E-state index < -0.39 is 21.3 Å². The van der Waals surface area contributed by atoms with Crippen LogP contribution in [0.25, 0.3) is 0 Å². The number of benzene rings is 1. The van der Waals surface area contributed by atoms with Crippen molar-refractivity contribution in [3.63, 3.8) is 0 Å². The molecule has 2 rings (SSSR count). The van der Waals surface area contributed by atoms with E-state index >= 15 is 0 Å². The van der Waals surface area contributed by atoms with E-state index in [1.165, 1.54) is 12.1 Å². The van der Waals surface area contributed by atoms with Gasteiger partial charge in [0.05, 0.1) is 10.4 Å². The first-order valence-corrected chi connectivity index (χ1v) is 8.65. The van der Waals surface area contributed by atoms with Crippen LogP contribution in [0, 0.1) is 0 Å². The number of hydrogen-bond acceptors (Lipinski definition) is 5. The van der Waals surface area contributed by atoms with Gasteiger partial charge in [-0.3, -0.25) is 4.79 Å². The van der Waals surface area contributed by atoms with E-state index in [-0.39, 0.29) is 11.0 Å². The molecule has 2 atom stereocenters. The third-order valence-corrected chi connectivity index (χ3v) is 4.88. The Hall–Kier alpha value is -1.60. The standard InChI is InChI=1S/C14H20N2O4S/c1-21(18,19)12-6-2-4-10(8-12)20-11-5-3-7-14(16,9-11)13(15)17/h2,4,6,8,11H,3,5,7,9,16H2,1H3,(H2,15,17). The zero-order chi connectivity index (χ0) is 15.7. The minimum absolute atomic E-state index is 0.199. The van der Waals surface area contributed by atoms with Crippen LogP contribution >= 0.6 is 0 Å². The Morgan fingerprint density at radius 2 is 2.14 bits per heavy atom. The first-order valence-electron chi connectivity index (χ1n) is 6.76. The van der Waals surface area contributed by atoms with Crippen LogP contribution in [0.5, 0.6) is 5.75 Å². The Balaban J connectivity index is 2.13. The lowest BCUT2D eigenvalue weighted by Gasteiger charge is -2.35. The number of ether oxygens (including phenoxy) is 1. The molecule has 0 bridgehead atoms. The first kappa shape index (κ1) is 15.8. The molecule has 0 aliphatic heterocycles. The van der Waals surface area contributed by atoms with E-state index in [9.17, 15) is 13.2 Å². The molecule has 0 saturated heterocycles. The second-order valence-electron chi connectivity index (χ2n) is 5.60. The van der Waals surface area contributed by atoms with Gasteiger partial charge in [0.1, 0.15) is 11.9 Å². The molecular formula is C14H20N2O4S. The molecule has 0 spiro atoms. The van der Waals surface area contributed by atoms with Gasteiger partial charge < -0.3 is 16.2 Å². The third-order valence-electron chi connectivity index (χ3n) is 3.77. The lowest BCUT2D eigenvalue weighted by Crippen LogP contribution is -2.56. The molecule has 1 aliphatic rings. The Labute approximate surface area is 124 Å². The molecule has 7 heteroatoms. The zero-order valence-electron chi connectivity index (χ0n) is 11.9. The summed E-state index contributed by atoms with van der Waals surface area (Å²) in [5.74, 6) is -0.0719. The van der Waals surface area contributed by atoms with Gasteiger partial charge in [-0.25, -0.2) is 8.42 Å². The number of sulfone groups is 1. The molecule has 4 N–H and O–H groups in total. The topological polar surface area (TPSA) is 112 Å². The van der Waals surface area contributed by atoms with Crippen molar-refractivity contribution in [1.82, 2.24) is 0 Å². The van der Waals surface area contributed by atoms with Gasteiger partial charge in [-0.05, 0) is 37.5 Å². The van der Waals surface area contributed by atoms with Gasteiger partial charge in [0.25, 0.3) is 0 Å². The molecule has 1 aliphatic carbocycles. The van der Waals surface area contributed by atoms with Crippen molar-refractivity contribution >= 4 is 15.7 Å². The second kappa shape index (κ2) is 5.65. The lowest BCUT2D eigenvalue weighted by atomic mass is 9.80. The Morgan fingerprint density at radius 1 is 1.43 bits per heavy atom. The van der Waals surface area contributed by atoms with E-state index in [1.54, 1.807) is 12.1 Å². The van der Waals surface area contributed by atoms with Gasteiger partial charge in [0.2, 0.25) is 5.91 Å². The predicted molar refractivity (Wildman–Crippen MR) is 78.5 cm³/mol. The Kier molecular flexibility index (Phi) is 4.25. The van der Waals surface area contributed by atoms with Gasteiger partial charge >= 0.3 is 0 Å². The number of amides is 1. The van der Waals surface area contributed by atoms with Gasteiger partial charge in [0.15, 0.2) is 9.84 Å². The first-order chi connectivity index (χ1) is 9.71. The van der Waals surface area contributed by atoms with Gasteiger partial charge in [0, 0.05) is 12.7 Å². The molecule has 21 heavy (non-hydrogen) atoms. The summed E-state index contributed by atoms with van der Waals surface area (Å²) in [5, 5.41) is 0. The molecule has 1 saturated carbocycles. The van der Waals surface area contributed by atoms with Crippen molar-refractivity contribution in [2.45, 2.75) is 42.2 Å². The minimum Gasteiger partial charge on any atom is -0.490 e. The average Bonchev–Trinajstić information content (AvgIpc) is 2.38. The van der Waals surface area contributed by atoms with E-state index in [1.807, 2.05) is 0 Å². The fourth-order valence-corrected chi connectivity index (χ4v) is 3.21. The molecule has 1 aromatic carbocycles. The largest absolute Gasteiger partial charge is 0.490 e. The number of carbonyl (C=O) groups excluding carboxylic acids is 1. The summed E-state index contributed by atoms with van der Waals surface area (Å²) in [6.07, 6.45) is 3.29. The summed E-state index contributed by atoms with van der Waals surface area (Å²) in [5.41, 5.74) is 10.3. The van der Waals surface area contributed by atoms with Crippen molar-refractivity contribution < 1.29 is 17.9 Å². The average molecular weight is 312 g/mol. The van der Waals surface area contributed by atoms with E-state index in [0.29, 0.717) is 18.6 Å². The summed E-state index contributed by atoms with van der Waals surface area (Å²) in [7, 11) is -3.28. The molecular weight excluding hydrogens is 292 g/mol. The number of nitrogens with two attached hydrogens (primary N) is 2. The monoisotopic (exact) mass is 312 g/mol. The normalized spacial score (nSPS) is 26.3. The summed E-state index contributed by atoms with van der Waals surface area (Å²) in [4.78, 5) is 11.6. The van der Waals surface area contributed by atoms with Crippen LogP contribution in [0.4, 0.5) is 0 Å². The van der Waals surface area contributed by atoms with Crippen LogP contribution in [0.15, 0.2) is 29.2 Å². The molecule has 116 valence electrons. The molecule has 2 unspecified atom stereocenters. The number of primary amides is 1. The van der Waals surface area contributed by atoms with Crippen molar-refractivity contribution in [3.8, 4) is 5.75 Å². The molecule has 0 aromatic heterocycles. The SMILES string of the molecule is CS(=O)(=O)c1cccc(OC2CCCC(N)(C(N)=O)C2)c1. The highest BCUT2D eigenvalue weighted by Crippen LogP contribution is 2.30. The van der Waals surface area contributed by atoms with Crippen LogP contribution < -0.4 is 16.2 Å². The van der Waals surface area contributed by atoms with Gasteiger partial charge in [-0.2, -0.15) is 0 Å². The summed E-state index contributed by atoms with van der Waals surface area (Å²) in [6.45, 7) is 0. The van der Waals surface area contributed by atoms with Crippen molar-refractivity contribution in [2.75, 3.05) is 6.26 Å². The van der Waals surface area contributed by atoms with Crippen molar-refractivity contribution in [3.05, 3.63) is 24.3 Å². The second-order valence-corrected chi connectivity index (χ2v) is 7.62. The highest BCUT2D eigenvalue weighted by molar-refractivity contribution is 7.90. The molecule has 0 heterocycles. The van der Waals surface area contributed by atoms with E-state index in [0.717, 1.165) is 19.1 Å². The quantitative estimate of drug-likeness (QED) is 0.845. The molecule has 1 amide bonds. The summed E-state index contributed by atoms with van der Waals surface area (Å²) >= 11 is 0. The van der Waals surface area contributed by atoms with Crippen molar-refractivity contribution in [2.24, 2.45) is 11.5 Å². The number of carbonyl (C=O) groups is 1. The maximum atomic E-state index is 11.5. The van der Waals surface area contributed by atoms with Crippen LogP contribution in [0.1, 0.15) is 25.7 Å². The maximum absolute atomic E-state index is 11.5. The molecule has 6 nitrogen and oxygen atoms in total. The highest BCUT2D eigenvalue weighted by atomic mass is 32.2. The number of hydrogen-bond donors (Lipinski definition) is 2. The van der Waals surface area contributed by atoms with Crippen LogP contribution in [-0.2, 0) is 14.6 Å². The fourth-order valence-electron chi connectivity index (χ4n) is 2.55. The van der Waals surface area contributed by atoms with E-state index in [2.05, 4.69) is 0 Å². The highest BCUT2D eigenvalue weighted by Gasteiger charge is 2.38. The fraction of sp³-hybridized carbons (Fsp3) is 0.500. The maximum Gasteiger partial charge on any atom is 0.237 e. The Morgan fingerprint density at radius 3 is 2.76 bits per heavy atom. The van der Waals surface area contributed by atoms with Gasteiger partial charge in [-0.1, -0.05) is 6.07 Å².